The third-order valence-electron chi connectivity index (χ3n) is 1.39. The second-order valence-electron chi connectivity index (χ2n) is 2.20. The van der Waals surface area contributed by atoms with Gasteiger partial charge in [0.25, 0.3) is 0 Å². The van der Waals surface area contributed by atoms with Crippen LogP contribution in [0.15, 0.2) is 16.7 Å². The minimum atomic E-state index is -0.616. The Morgan fingerprint density at radius 1 is 1.69 bits per heavy atom. The second kappa shape index (κ2) is 4.13. The number of halogens is 1. The maximum Gasteiger partial charge on any atom is 0.357 e. The van der Waals surface area contributed by atoms with Crippen LogP contribution >= 0.6 is 15.9 Å². The van der Waals surface area contributed by atoms with Crippen LogP contribution in [0, 0.1) is 0 Å². The van der Waals surface area contributed by atoms with Crippen molar-refractivity contribution in [1.29, 1.82) is 0 Å². The Kier molecular flexibility index (Phi) is 3.13. The van der Waals surface area contributed by atoms with Crippen molar-refractivity contribution in [1.82, 2.24) is 4.98 Å². The van der Waals surface area contributed by atoms with Crippen LogP contribution in [0.4, 0.5) is 0 Å². The molecule has 1 aromatic rings. The largest absolute Gasteiger partial charge is 0.464 e. The lowest BCUT2D eigenvalue weighted by atomic mass is 10.2. The van der Waals surface area contributed by atoms with E-state index in [1.54, 1.807) is 0 Å². The van der Waals surface area contributed by atoms with Crippen molar-refractivity contribution in [2.24, 2.45) is 0 Å². The number of hydrogen-bond acceptors (Lipinski definition) is 4. The molecule has 0 saturated carbocycles. The van der Waals surface area contributed by atoms with E-state index in [-0.39, 0.29) is 11.3 Å². The van der Waals surface area contributed by atoms with Crippen LogP contribution in [0.3, 0.4) is 0 Å². The fourth-order valence-corrected chi connectivity index (χ4v) is 1.16. The zero-order valence-corrected chi connectivity index (χ0v) is 8.37. The first-order chi connectivity index (χ1) is 6.19. The monoisotopic (exact) mass is 243 g/mol. The topological polar surface area (TPSA) is 56.3 Å². The Hall–Kier alpha value is -1.23. The smallest absolute Gasteiger partial charge is 0.357 e. The summed E-state index contributed by atoms with van der Waals surface area (Å²) in [5.41, 5.74) is 0.238. The first-order valence-corrected chi connectivity index (χ1v) is 4.17. The predicted octanol–water partition coefficient (Wildman–Crippen LogP) is 1.44. The third kappa shape index (κ3) is 2.12. The van der Waals surface area contributed by atoms with E-state index in [9.17, 15) is 9.59 Å². The highest BCUT2D eigenvalue weighted by Crippen LogP contribution is 2.12. The summed E-state index contributed by atoms with van der Waals surface area (Å²) in [6.45, 7) is 0. The summed E-state index contributed by atoms with van der Waals surface area (Å²) in [6.07, 6.45) is 1.99. The minimum Gasteiger partial charge on any atom is -0.464 e. The van der Waals surface area contributed by atoms with E-state index in [1.165, 1.54) is 19.4 Å². The molecule has 0 saturated heterocycles. The van der Waals surface area contributed by atoms with Crippen molar-refractivity contribution in [2.45, 2.75) is 0 Å². The minimum absolute atomic E-state index is 0.0284. The summed E-state index contributed by atoms with van der Waals surface area (Å²) in [7, 11) is 1.24. The van der Waals surface area contributed by atoms with Gasteiger partial charge in [-0.05, 0) is 22.0 Å². The van der Waals surface area contributed by atoms with Crippen LogP contribution < -0.4 is 0 Å². The molecular weight excluding hydrogens is 238 g/mol. The molecule has 13 heavy (non-hydrogen) atoms. The molecule has 0 aliphatic rings. The van der Waals surface area contributed by atoms with Gasteiger partial charge in [0.15, 0.2) is 12.0 Å². The summed E-state index contributed by atoms with van der Waals surface area (Å²) in [4.78, 5) is 25.3. The highest BCUT2D eigenvalue weighted by Gasteiger charge is 2.12. The highest BCUT2D eigenvalue weighted by molar-refractivity contribution is 9.10. The summed E-state index contributed by atoms with van der Waals surface area (Å²) >= 11 is 3.13. The number of esters is 1. The molecule has 0 aliphatic heterocycles. The fourth-order valence-electron chi connectivity index (χ4n) is 0.812. The zero-order valence-electron chi connectivity index (χ0n) is 6.78. The van der Waals surface area contributed by atoms with E-state index in [0.717, 1.165) is 0 Å². The van der Waals surface area contributed by atoms with Crippen LogP contribution in [0.5, 0.6) is 0 Å². The number of nitrogens with zero attached hydrogens (tertiary/aromatic N) is 1. The van der Waals surface area contributed by atoms with E-state index in [2.05, 4.69) is 25.7 Å². The van der Waals surface area contributed by atoms with Crippen molar-refractivity contribution in [2.75, 3.05) is 7.11 Å². The maximum absolute atomic E-state index is 11.0. The highest BCUT2D eigenvalue weighted by atomic mass is 79.9. The lowest BCUT2D eigenvalue weighted by Crippen LogP contribution is -2.07. The number of pyridine rings is 1. The van der Waals surface area contributed by atoms with Gasteiger partial charge in [-0.2, -0.15) is 0 Å². The molecule has 0 aromatic carbocycles. The van der Waals surface area contributed by atoms with Gasteiger partial charge in [-0.1, -0.05) is 0 Å². The summed E-state index contributed by atoms with van der Waals surface area (Å²) < 4.78 is 5.08. The van der Waals surface area contributed by atoms with Crippen LogP contribution in [0.2, 0.25) is 0 Å². The van der Waals surface area contributed by atoms with Gasteiger partial charge in [0.05, 0.1) is 7.11 Å². The number of aldehydes is 1. The molecule has 0 aliphatic carbocycles. The quantitative estimate of drug-likeness (QED) is 0.583. The third-order valence-corrected chi connectivity index (χ3v) is 1.82. The summed E-state index contributed by atoms with van der Waals surface area (Å²) in [6, 6.07) is 1.51. The molecule has 4 nitrogen and oxygen atoms in total. The van der Waals surface area contributed by atoms with Crippen LogP contribution in [-0.2, 0) is 4.74 Å². The van der Waals surface area contributed by atoms with E-state index in [1.807, 2.05) is 0 Å². The van der Waals surface area contributed by atoms with E-state index >= 15 is 0 Å². The molecule has 1 aromatic heterocycles. The van der Waals surface area contributed by atoms with Crippen molar-refractivity contribution >= 4 is 28.2 Å². The van der Waals surface area contributed by atoms with Crippen LogP contribution in [-0.4, -0.2) is 24.3 Å². The number of aromatic nitrogens is 1. The van der Waals surface area contributed by atoms with Gasteiger partial charge < -0.3 is 4.74 Å². The lowest BCUT2D eigenvalue weighted by Gasteiger charge is -2.00. The molecule has 0 spiro atoms. The molecule has 5 heteroatoms. The number of rotatable bonds is 2. The van der Waals surface area contributed by atoms with Crippen molar-refractivity contribution < 1.29 is 14.3 Å². The average Bonchev–Trinajstić information content (AvgIpc) is 2.16. The lowest BCUT2D eigenvalue weighted by molar-refractivity contribution is 0.0591. The number of ether oxygens (including phenoxy) is 1. The van der Waals surface area contributed by atoms with Crippen molar-refractivity contribution in [3.8, 4) is 0 Å². The maximum atomic E-state index is 11.0. The van der Waals surface area contributed by atoms with Crippen LogP contribution in [0.1, 0.15) is 20.8 Å². The van der Waals surface area contributed by atoms with Gasteiger partial charge in [-0.25, -0.2) is 9.78 Å². The summed E-state index contributed by atoms with van der Waals surface area (Å²) in [5.74, 6) is -0.616. The van der Waals surface area contributed by atoms with E-state index in [4.69, 9.17) is 0 Å². The zero-order chi connectivity index (χ0) is 9.84. The number of hydrogen-bond donors (Lipinski definition) is 0. The molecule has 0 radical (unpaired) electrons. The standard InChI is InChI=1S/C8H6BrNO3/c1-13-8(12)7-5(4-11)2-6(9)3-10-7/h2-4H,1H3. The number of methoxy groups -OCH3 is 1. The molecule has 0 N–H and O–H groups in total. The van der Waals surface area contributed by atoms with Gasteiger partial charge >= 0.3 is 5.97 Å². The normalized spacial score (nSPS) is 9.38. The van der Waals surface area contributed by atoms with Gasteiger partial charge in [0.2, 0.25) is 0 Å². The molecule has 1 heterocycles. The number of carbonyl (C=O) groups excluding carboxylic acids is 2. The SMILES string of the molecule is COC(=O)c1ncc(Br)cc1C=O. The summed E-state index contributed by atoms with van der Waals surface area (Å²) in [5, 5.41) is 0. The van der Waals surface area contributed by atoms with Gasteiger partial charge in [0, 0.05) is 16.2 Å². The Bertz CT molecular complexity index is 351. The molecule has 1 rings (SSSR count). The molecule has 68 valence electrons. The van der Waals surface area contributed by atoms with Gasteiger partial charge in [0.1, 0.15) is 0 Å². The van der Waals surface area contributed by atoms with Gasteiger partial charge in [-0.3, -0.25) is 4.79 Å². The van der Waals surface area contributed by atoms with E-state index < -0.39 is 5.97 Å². The van der Waals surface area contributed by atoms with Crippen LogP contribution in [0.25, 0.3) is 0 Å². The van der Waals surface area contributed by atoms with E-state index in [0.29, 0.717) is 10.8 Å². The predicted molar refractivity (Wildman–Crippen MR) is 48.7 cm³/mol. The first kappa shape index (κ1) is 9.85. The Morgan fingerprint density at radius 3 is 2.92 bits per heavy atom. The molecule has 0 bridgehead atoms. The molecule has 0 amide bonds. The molecular formula is C8H6BrNO3. The molecule has 0 atom stereocenters. The van der Waals surface area contributed by atoms with Crippen molar-refractivity contribution in [3.05, 3.63) is 28.0 Å². The molecule has 0 fully saturated rings. The Labute approximate surface area is 83.1 Å². The Balaban J connectivity index is 3.20. The van der Waals surface area contributed by atoms with Gasteiger partial charge in [-0.15, -0.1) is 0 Å². The molecule has 0 unspecified atom stereocenters. The van der Waals surface area contributed by atoms with Crippen molar-refractivity contribution in [3.63, 3.8) is 0 Å². The Morgan fingerprint density at radius 2 is 2.38 bits per heavy atom. The second-order valence-corrected chi connectivity index (χ2v) is 3.12. The fraction of sp³-hybridized carbons (Fsp3) is 0.125. The number of carbonyl (C=O) groups is 2. The average molecular weight is 244 g/mol. The first-order valence-electron chi connectivity index (χ1n) is 3.38.